The first-order valence-electron chi connectivity index (χ1n) is 4.82. The van der Waals surface area contributed by atoms with Gasteiger partial charge in [0.2, 0.25) is 5.91 Å². The molecule has 3 amide bonds. The lowest BCUT2D eigenvalue weighted by Crippen LogP contribution is -2.68. The predicted molar refractivity (Wildman–Crippen MR) is 46.2 cm³/mol. The summed E-state index contributed by atoms with van der Waals surface area (Å²) in [5, 5.41) is 6.53. The summed E-state index contributed by atoms with van der Waals surface area (Å²) in [6.07, 6.45) is -5.34. The van der Waals surface area contributed by atoms with E-state index in [2.05, 4.69) is 10.6 Å². The van der Waals surface area contributed by atoms with Crippen LogP contribution in [0.15, 0.2) is 0 Å². The van der Waals surface area contributed by atoms with Crippen molar-refractivity contribution in [2.75, 3.05) is 0 Å². The summed E-state index contributed by atoms with van der Waals surface area (Å²) in [7, 11) is 0. The number of hydrogen-bond acceptors (Lipinski definition) is 3. The summed E-state index contributed by atoms with van der Waals surface area (Å²) in [6.45, 7) is 0. The normalized spacial score (nSPS) is 35.1. The molecule has 0 aromatic rings. The van der Waals surface area contributed by atoms with E-state index >= 15 is 0 Å². The van der Waals surface area contributed by atoms with Crippen LogP contribution in [0.1, 0.15) is 12.8 Å². The summed E-state index contributed by atoms with van der Waals surface area (Å²) in [5.41, 5.74) is 0. The molecule has 2 rings (SSSR count). The number of carbonyl (C=O) groups is 2. The van der Waals surface area contributed by atoms with Crippen molar-refractivity contribution in [1.29, 1.82) is 0 Å². The van der Waals surface area contributed by atoms with Crippen molar-refractivity contribution in [2.24, 2.45) is 5.92 Å². The number of hydrogen-bond donors (Lipinski definition) is 3. The van der Waals surface area contributed by atoms with E-state index in [1.54, 1.807) is 0 Å². The highest BCUT2D eigenvalue weighted by Gasteiger charge is 2.48. The maximum atomic E-state index is 12.4. The Morgan fingerprint density at radius 1 is 1.19 bits per heavy atom. The second kappa shape index (κ2) is 3.62. The Morgan fingerprint density at radius 3 is 2.50 bits per heavy atom. The van der Waals surface area contributed by atoms with E-state index in [-0.39, 0.29) is 12.8 Å². The van der Waals surface area contributed by atoms with Gasteiger partial charge in [0.25, 0.3) is 0 Å². The van der Waals surface area contributed by atoms with E-state index in [1.807, 2.05) is 5.32 Å². The van der Waals surface area contributed by atoms with Gasteiger partial charge in [-0.2, -0.15) is 13.2 Å². The molecular formula is C8H10F3N3O2. The van der Waals surface area contributed by atoms with E-state index in [0.29, 0.717) is 0 Å². The average Bonchev–Trinajstić information content (AvgIpc) is 2.15. The number of nitrogens with one attached hydrogen (secondary N) is 3. The topological polar surface area (TPSA) is 70.2 Å². The maximum Gasteiger partial charge on any atom is 0.403 e. The average molecular weight is 237 g/mol. The van der Waals surface area contributed by atoms with E-state index in [0.717, 1.165) is 0 Å². The van der Waals surface area contributed by atoms with Gasteiger partial charge in [0.15, 0.2) is 0 Å². The van der Waals surface area contributed by atoms with Crippen LogP contribution in [0.3, 0.4) is 0 Å². The van der Waals surface area contributed by atoms with Crippen LogP contribution in [0, 0.1) is 5.92 Å². The molecule has 0 radical (unpaired) electrons. The van der Waals surface area contributed by atoms with Gasteiger partial charge in [-0.25, -0.2) is 4.79 Å². The number of piperidine rings is 1. The quantitative estimate of drug-likeness (QED) is 0.559. The Balaban J connectivity index is 2.09. The second-order valence-corrected chi connectivity index (χ2v) is 3.89. The highest BCUT2D eigenvalue weighted by Crippen LogP contribution is 2.30. The van der Waals surface area contributed by atoms with E-state index in [9.17, 15) is 22.8 Å². The third-order valence-corrected chi connectivity index (χ3v) is 2.80. The van der Waals surface area contributed by atoms with Crippen LogP contribution in [-0.4, -0.2) is 30.3 Å². The fourth-order valence-electron chi connectivity index (χ4n) is 1.99. The van der Waals surface area contributed by atoms with Crippen LogP contribution in [-0.2, 0) is 4.79 Å². The summed E-state index contributed by atoms with van der Waals surface area (Å²) < 4.78 is 37.3. The van der Waals surface area contributed by atoms with Crippen molar-refractivity contribution in [3.8, 4) is 0 Å². The fourth-order valence-corrected chi connectivity index (χ4v) is 1.99. The Morgan fingerprint density at radius 2 is 1.88 bits per heavy atom. The lowest BCUT2D eigenvalue weighted by Gasteiger charge is -2.39. The Labute approximate surface area is 88.8 Å². The molecule has 3 N–H and O–H groups in total. The zero-order valence-corrected chi connectivity index (χ0v) is 8.10. The monoisotopic (exact) mass is 237 g/mol. The molecule has 2 saturated heterocycles. The van der Waals surface area contributed by atoms with Gasteiger partial charge in [-0.05, 0) is 12.8 Å². The first-order valence-corrected chi connectivity index (χ1v) is 4.82. The molecule has 16 heavy (non-hydrogen) atoms. The Bertz CT molecular complexity index is 331. The Hall–Kier alpha value is -1.31. The molecule has 2 aliphatic rings. The van der Waals surface area contributed by atoms with Crippen LogP contribution in [0.4, 0.5) is 18.0 Å². The zero-order chi connectivity index (χ0) is 11.9. The number of alkyl halides is 3. The molecule has 90 valence electrons. The summed E-state index contributed by atoms with van der Waals surface area (Å²) in [6, 6.07) is -2.43. The van der Waals surface area contributed by atoms with Gasteiger partial charge in [0.05, 0.1) is 12.1 Å². The van der Waals surface area contributed by atoms with Crippen LogP contribution in [0.2, 0.25) is 0 Å². The van der Waals surface area contributed by atoms with Gasteiger partial charge >= 0.3 is 12.2 Å². The van der Waals surface area contributed by atoms with Gasteiger partial charge < -0.3 is 5.32 Å². The van der Waals surface area contributed by atoms with E-state index < -0.39 is 36.2 Å². The number of fused-ring (bicyclic) bond motifs is 1. The van der Waals surface area contributed by atoms with Gasteiger partial charge in [-0.15, -0.1) is 0 Å². The number of imide groups is 1. The molecule has 5 nitrogen and oxygen atoms in total. The molecular weight excluding hydrogens is 227 g/mol. The van der Waals surface area contributed by atoms with Crippen molar-refractivity contribution >= 4 is 11.9 Å². The molecule has 0 aromatic heterocycles. The molecule has 2 aliphatic heterocycles. The Kier molecular flexibility index (Phi) is 2.53. The molecule has 3 unspecified atom stereocenters. The van der Waals surface area contributed by atoms with Gasteiger partial charge in [-0.3, -0.25) is 15.4 Å². The number of rotatable bonds is 0. The van der Waals surface area contributed by atoms with E-state index in [1.165, 1.54) is 0 Å². The van der Waals surface area contributed by atoms with Crippen molar-refractivity contribution in [1.82, 2.24) is 16.0 Å². The predicted octanol–water partition coefficient (Wildman–Crippen LogP) is 0.0824. The fraction of sp³-hybridized carbons (Fsp3) is 0.750. The SMILES string of the molecule is O=C1NC(=O)C2CCC(C(F)(F)F)NC2N1. The van der Waals surface area contributed by atoms with Gasteiger partial charge in [0.1, 0.15) is 6.04 Å². The molecule has 3 atom stereocenters. The lowest BCUT2D eigenvalue weighted by molar-refractivity contribution is -0.169. The highest BCUT2D eigenvalue weighted by atomic mass is 19.4. The number of amides is 3. The molecule has 0 saturated carbocycles. The van der Waals surface area contributed by atoms with Crippen LogP contribution in [0.5, 0.6) is 0 Å². The van der Waals surface area contributed by atoms with E-state index in [4.69, 9.17) is 0 Å². The first kappa shape index (κ1) is 11.2. The minimum Gasteiger partial charge on any atom is -0.322 e. The summed E-state index contributed by atoms with van der Waals surface area (Å²) >= 11 is 0. The van der Waals surface area contributed by atoms with Gasteiger partial charge in [0, 0.05) is 0 Å². The van der Waals surface area contributed by atoms with Gasteiger partial charge in [-0.1, -0.05) is 0 Å². The third-order valence-electron chi connectivity index (χ3n) is 2.80. The maximum absolute atomic E-state index is 12.4. The number of halogens is 3. The smallest absolute Gasteiger partial charge is 0.322 e. The largest absolute Gasteiger partial charge is 0.403 e. The number of urea groups is 1. The molecule has 0 aromatic carbocycles. The summed E-state index contributed by atoms with van der Waals surface area (Å²) in [4.78, 5) is 22.2. The minimum atomic E-state index is -4.36. The van der Waals surface area contributed by atoms with Crippen LogP contribution in [0.25, 0.3) is 0 Å². The second-order valence-electron chi connectivity index (χ2n) is 3.89. The molecule has 2 fully saturated rings. The molecule has 0 spiro atoms. The van der Waals surface area contributed by atoms with Crippen molar-refractivity contribution in [3.05, 3.63) is 0 Å². The van der Waals surface area contributed by atoms with Crippen molar-refractivity contribution in [2.45, 2.75) is 31.2 Å². The zero-order valence-electron chi connectivity index (χ0n) is 8.10. The van der Waals surface area contributed by atoms with Crippen LogP contribution >= 0.6 is 0 Å². The molecule has 2 heterocycles. The van der Waals surface area contributed by atoms with Crippen LogP contribution < -0.4 is 16.0 Å². The standard InChI is InChI=1S/C8H10F3N3O2/c9-8(10,11)4-2-1-3-5(12-4)13-7(16)14-6(3)15/h3-5,12H,1-2H2,(H2,13,14,15,16). The molecule has 8 heteroatoms. The minimum absolute atomic E-state index is 0.105. The van der Waals surface area contributed by atoms with Crippen molar-refractivity contribution in [3.63, 3.8) is 0 Å². The van der Waals surface area contributed by atoms with Crippen molar-refractivity contribution < 1.29 is 22.8 Å². The molecule has 0 aliphatic carbocycles. The lowest BCUT2D eigenvalue weighted by atomic mass is 9.89. The summed E-state index contributed by atoms with van der Waals surface area (Å²) in [5.74, 6) is -1.15. The molecule has 0 bridgehead atoms. The third kappa shape index (κ3) is 1.97. The highest BCUT2D eigenvalue weighted by molar-refractivity contribution is 5.98. The number of carbonyl (C=O) groups excluding carboxylic acids is 2. The first-order chi connectivity index (χ1) is 7.38.